The minimum atomic E-state index is -0.456. The van der Waals surface area contributed by atoms with Crippen LogP contribution in [0.25, 0.3) is 0 Å². The summed E-state index contributed by atoms with van der Waals surface area (Å²) in [7, 11) is 1.69. The fraction of sp³-hybridized carbons (Fsp3) is 0.933. The molecule has 0 bridgehead atoms. The molecule has 1 fully saturated rings. The molecule has 5 nitrogen and oxygen atoms in total. The molecule has 1 heterocycles. The Kier molecular flexibility index (Phi) is 6.27. The molecule has 1 amide bonds. The zero-order chi connectivity index (χ0) is 15.3. The molecule has 1 aliphatic rings. The van der Waals surface area contributed by atoms with E-state index in [-0.39, 0.29) is 18.2 Å². The molecule has 1 N–H and O–H groups in total. The normalized spacial score (nSPS) is 23.4. The molecule has 0 aromatic rings. The molecule has 1 saturated heterocycles. The Morgan fingerprint density at radius 2 is 2.00 bits per heavy atom. The monoisotopic (exact) mass is 286 g/mol. The zero-order valence-electron chi connectivity index (χ0n) is 13.7. The lowest BCUT2D eigenvalue weighted by molar-refractivity contribution is 0.0252. The Morgan fingerprint density at radius 3 is 2.50 bits per heavy atom. The van der Waals surface area contributed by atoms with E-state index in [2.05, 4.69) is 19.2 Å². The second kappa shape index (κ2) is 7.27. The van der Waals surface area contributed by atoms with Crippen molar-refractivity contribution in [3.8, 4) is 0 Å². The smallest absolute Gasteiger partial charge is 0.410 e. The molecular weight excluding hydrogens is 256 g/mol. The van der Waals surface area contributed by atoms with Gasteiger partial charge in [-0.2, -0.15) is 0 Å². The van der Waals surface area contributed by atoms with Gasteiger partial charge in [0.25, 0.3) is 0 Å². The highest BCUT2D eigenvalue weighted by molar-refractivity contribution is 5.68. The Labute approximate surface area is 123 Å². The fourth-order valence-electron chi connectivity index (χ4n) is 2.24. The molecule has 0 radical (unpaired) electrons. The van der Waals surface area contributed by atoms with Gasteiger partial charge in [0.15, 0.2) is 0 Å². The van der Waals surface area contributed by atoms with Crippen molar-refractivity contribution in [2.24, 2.45) is 5.92 Å². The van der Waals surface area contributed by atoms with Gasteiger partial charge in [0, 0.05) is 13.7 Å². The Morgan fingerprint density at radius 1 is 1.35 bits per heavy atom. The van der Waals surface area contributed by atoms with Crippen LogP contribution in [0.5, 0.6) is 0 Å². The van der Waals surface area contributed by atoms with Crippen molar-refractivity contribution in [1.29, 1.82) is 0 Å². The summed E-state index contributed by atoms with van der Waals surface area (Å²) in [5.74, 6) is 0.673. The first-order chi connectivity index (χ1) is 9.23. The van der Waals surface area contributed by atoms with Crippen molar-refractivity contribution in [2.45, 2.75) is 58.8 Å². The molecule has 0 aromatic carbocycles. The van der Waals surface area contributed by atoms with Crippen LogP contribution in [-0.4, -0.2) is 55.5 Å². The van der Waals surface area contributed by atoms with Crippen molar-refractivity contribution in [3.05, 3.63) is 0 Å². The summed E-state index contributed by atoms with van der Waals surface area (Å²) in [5.41, 5.74) is -0.456. The van der Waals surface area contributed by atoms with E-state index in [9.17, 15) is 4.79 Å². The van der Waals surface area contributed by atoms with E-state index >= 15 is 0 Å². The largest absolute Gasteiger partial charge is 0.444 e. The summed E-state index contributed by atoms with van der Waals surface area (Å²) in [6.07, 6.45) is 0.904. The summed E-state index contributed by atoms with van der Waals surface area (Å²) < 4.78 is 10.9. The zero-order valence-corrected chi connectivity index (χ0v) is 13.7. The summed E-state index contributed by atoms with van der Waals surface area (Å²) in [6, 6.07) is 0.186. The number of likely N-dealkylation sites (tertiary alicyclic amines) is 1. The van der Waals surface area contributed by atoms with Crippen LogP contribution in [0.1, 0.15) is 41.0 Å². The molecule has 0 aliphatic carbocycles. The van der Waals surface area contributed by atoms with E-state index in [4.69, 9.17) is 9.47 Å². The third kappa shape index (κ3) is 5.67. The van der Waals surface area contributed by atoms with Crippen LogP contribution in [0.3, 0.4) is 0 Å². The van der Waals surface area contributed by atoms with Gasteiger partial charge in [0.2, 0.25) is 0 Å². The SMILES string of the molecule is CO[C@H]1CN(C(=O)OC(C)(C)C)CC1NCCC(C)C. The lowest BCUT2D eigenvalue weighted by Crippen LogP contribution is -2.41. The average Bonchev–Trinajstić information content (AvgIpc) is 2.69. The number of hydrogen-bond donors (Lipinski definition) is 1. The number of ether oxygens (including phenoxy) is 2. The molecule has 2 atom stereocenters. The van der Waals surface area contributed by atoms with Gasteiger partial charge in [0.05, 0.1) is 18.7 Å². The summed E-state index contributed by atoms with van der Waals surface area (Å²) in [6.45, 7) is 12.2. The molecule has 0 aromatic heterocycles. The molecule has 1 aliphatic heterocycles. The van der Waals surface area contributed by atoms with Gasteiger partial charge in [-0.25, -0.2) is 4.79 Å². The standard InChI is InChI=1S/C15H30N2O3/c1-11(2)7-8-16-12-9-17(10-13(12)19-6)14(18)20-15(3,4)5/h11-13,16H,7-10H2,1-6H3/t12?,13-/m0/s1. The number of nitrogens with zero attached hydrogens (tertiary/aromatic N) is 1. The van der Waals surface area contributed by atoms with Crippen LogP contribution in [0.15, 0.2) is 0 Å². The number of rotatable bonds is 5. The molecule has 118 valence electrons. The summed E-state index contributed by atoms with van der Waals surface area (Å²) >= 11 is 0. The first-order valence-corrected chi connectivity index (χ1v) is 7.47. The van der Waals surface area contributed by atoms with Crippen LogP contribution in [0.4, 0.5) is 4.79 Å². The minimum Gasteiger partial charge on any atom is -0.444 e. The Hall–Kier alpha value is -0.810. The molecule has 20 heavy (non-hydrogen) atoms. The van der Waals surface area contributed by atoms with Crippen LogP contribution >= 0.6 is 0 Å². The van der Waals surface area contributed by atoms with Crippen LogP contribution in [0.2, 0.25) is 0 Å². The number of nitrogens with one attached hydrogen (secondary N) is 1. The highest BCUT2D eigenvalue weighted by Crippen LogP contribution is 2.17. The Balaban J connectivity index is 2.48. The van der Waals surface area contributed by atoms with Crippen molar-refractivity contribution >= 4 is 6.09 Å². The van der Waals surface area contributed by atoms with E-state index in [0.29, 0.717) is 19.0 Å². The van der Waals surface area contributed by atoms with Crippen molar-refractivity contribution in [2.75, 3.05) is 26.7 Å². The number of amides is 1. The predicted molar refractivity (Wildman–Crippen MR) is 79.8 cm³/mol. The summed E-state index contributed by atoms with van der Waals surface area (Å²) in [4.78, 5) is 13.8. The second-order valence-electron chi connectivity index (χ2n) is 6.90. The molecule has 5 heteroatoms. The lowest BCUT2D eigenvalue weighted by Gasteiger charge is -2.24. The van der Waals surface area contributed by atoms with Gasteiger partial charge >= 0.3 is 6.09 Å². The average molecular weight is 286 g/mol. The highest BCUT2D eigenvalue weighted by atomic mass is 16.6. The van der Waals surface area contributed by atoms with Crippen molar-refractivity contribution < 1.29 is 14.3 Å². The second-order valence-corrected chi connectivity index (χ2v) is 6.90. The van der Waals surface area contributed by atoms with Gasteiger partial charge in [0.1, 0.15) is 5.60 Å². The number of hydrogen-bond acceptors (Lipinski definition) is 4. The van der Waals surface area contributed by atoms with Gasteiger partial charge in [-0.1, -0.05) is 13.8 Å². The maximum atomic E-state index is 12.1. The van der Waals surface area contributed by atoms with Crippen molar-refractivity contribution in [3.63, 3.8) is 0 Å². The molecule has 1 unspecified atom stereocenters. The predicted octanol–water partition coefficient (Wildman–Crippen LogP) is 2.26. The van der Waals surface area contributed by atoms with Crippen LogP contribution < -0.4 is 5.32 Å². The number of methoxy groups -OCH3 is 1. The van der Waals surface area contributed by atoms with Crippen LogP contribution in [0, 0.1) is 5.92 Å². The van der Waals surface area contributed by atoms with Crippen LogP contribution in [-0.2, 0) is 9.47 Å². The minimum absolute atomic E-state index is 0.0367. The first-order valence-electron chi connectivity index (χ1n) is 7.47. The van der Waals surface area contributed by atoms with E-state index < -0.39 is 5.60 Å². The topological polar surface area (TPSA) is 50.8 Å². The maximum Gasteiger partial charge on any atom is 0.410 e. The number of carbonyl (C=O) groups excluding carboxylic acids is 1. The van der Waals surface area contributed by atoms with E-state index in [1.807, 2.05) is 20.8 Å². The Bertz CT molecular complexity index is 313. The summed E-state index contributed by atoms with van der Waals surface area (Å²) in [5, 5.41) is 3.49. The van der Waals surface area contributed by atoms with E-state index in [0.717, 1.165) is 13.0 Å². The lowest BCUT2D eigenvalue weighted by atomic mass is 10.1. The highest BCUT2D eigenvalue weighted by Gasteiger charge is 2.36. The molecule has 0 spiro atoms. The molecule has 0 saturated carbocycles. The van der Waals surface area contributed by atoms with E-state index in [1.165, 1.54) is 0 Å². The quantitative estimate of drug-likeness (QED) is 0.842. The van der Waals surface area contributed by atoms with Gasteiger partial charge < -0.3 is 19.7 Å². The third-order valence-electron chi connectivity index (χ3n) is 3.35. The fourth-order valence-corrected chi connectivity index (χ4v) is 2.24. The molecule has 1 rings (SSSR count). The van der Waals surface area contributed by atoms with Gasteiger partial charge in [-0.05, 0) is 39.7 Å². The number of carbonyl (C=O) groups is 1. The van der Waals surface area contributed by atoms with Gasteiger partial charge in [-0.15, -0.1) is 0 Å². The van der Waals surface area contributed by atoms with Crippen molar-refractivity contribution in [1.82, 2.24) is 10.2 Å². The molecular formula is C15H30N2O3. The maximum absolute atomic E-state index is 12.1. The first kappa shape index (κ1) is 17.2. The van der Waals surface area contributed by atoms with E-state index in [1.54, 1.807) is 12.0 Å². The van der Waals surface area contributed by atoms with Gasteiger partial charge in [-0.3, -0.25) is 0 Å². The third-order valence-corrected chi connectivity index (χ3v) is 3.35.